The maximum Gasteiger partial charge on any atom is 0.264 e. The third-order valence-electron chi connectivity index (χ3n) is 3.20. The van der Waals surface area contributed by atoms with Gasteiger partial charge in [-0.1, -0.05) is 12.8 Å². The summed E-state index contributed by atoms with van der Waals surface area (Å²) in [4.78, 5) is 10.9. The predicted octanol–water partition coefficient (Wildman–Crippen LogP) is 2.56. The Kier molecular flexibility index (Phi) is 4.29. The van der Waals surface area contributed by atoms with E-state index in [1.807, 2.05) is 0 Å². The zero-order valence-corrected chi connectivity index (χ0v) is 11.9. The van der Waals surface area contributed by atoms with E-state index >= 15 is 0 Å². The summed E-state index contributed by atoms with van der Waals surface area (Å²) in [5, 5.41) is 2.56. The Morgan fingerprint density at radius 1 is 1.25 bits per heavy atom. The Balaban J connectivity index is 2.36. The van der Waals surface area contributed by atoms with E-state index < -0.39 is 37.1 Å². The molecule has 1 N–H and O–H groups in total. The first-order chi connectivity index (χ1) is 9.29. The fourth-order valence-corrected chi connectivity index (χ4v) is 3.15. The zero-order valence-electron chi connectivity index (χ0n) is 10.3. The van der Waals surface area contributed by atoms with Crippen LogP contribution in [0.15, 0.2) is 17.0 Å². The van der Waals surface area contributed by atoms with Crippen LogP contribution in [0.1, 0.15) is 36.0 Å². The zero-order chi connectivity index (χ0) is 14.9. The van der Waals surface area contributed by atoms with Crippen LogP contribution >= 0.6 is 10.7 Å². The molecule has 1 saturated carbocycles. The first-order valence-corrected chi connectivity index (χ1v) is 8.34. The molecule has 20 heavy (non-hydrogen) atoms. The van der Waals surface area contributed by atoms with Crippen molar-refractivity contribution in [1.29, 1.82) is 0 Å². The summed E-state index contributed by atoms with van der Waals surface area (Å²) in [6, 6.07) is 1.01. The second-order valence-corrected chi connectivity index (χ2v) is 7.19. The second kappa shape index (κ2) is 5.65. The fourth-order valence-electron chi connectivity index (χ4n) is 2.24. The molecule has 0 bridgehead atoms. The van der Waals surface area contributed by atoms with Gasteiger partial charge in [0.05, 0.1) is 5.56 Å². The summed E-state index contributed by atoms with van der Waals surface area (Å²) in [6.45, 7) is 0. The van der Waals surface area contributed by atoms with Crippen molar-refractivity contribution in [3.63, 3.8) is 0 Å². The summed E-state index contributed by atoms with van der Waals surface area (Å²) in [5.41, 5.74) is -0.656. The van der Waals surface area contributed by atoms with Gasteiger partial charge in [0.25, 0.3) is 15.0 Å². The van der Waals surface area contributed by atoms with Crippen molar-refractivity contribution in [2.75, 3.05) is 0 Å². The van der Waals surface area contributed by atoms with Crippen molar-refractivity contribution in [3.05, 3.63) is 29.3 Å². The van der Waals surface area contributed by atoms with Crippen LogP contribution in [0, 0.1) is 11.6 Å². The molecule has 8 heteroatoms. The highest BCUT2D eigenvalue weighted by Crippen LogP contribution is 2.24. The van der Waals surface area contributed by atoms with Gasteiger partial charge in [-0.2, -0.15) is 0 Å². The van der Waals surface area contributed by atoms with Crippen LogP contribution in [0.5, 0.6) is 0 Å². The first-order valence-electron chi connectivity index (χ1n) is 6.03. The van der Waals surface area contributed by atoms with E-state index in [9.17, 15) is 22.0 Å². The lowest BCUT2D eigenvalue weighted by atomic mass is 10.1. The van der Waals surface area contributed by atoms with Gasteiger partial charge in [-0.25, -0.2) is 17.2 Å². The molecule has 4 nitrogen and oxygen atoms in total. The average Bonchev–Trinajstić information content (AvgIpc) is 2.83. The van der Waals surface area contributed by atoms with Crippen LogP contribution in [0.25, 0.3) is 0 Å². The molecule has 0 spiro atoms. The summed E-state index contributed by atoms with van der Waals surface area (Å²) >= 11 is 0. The van der Waals surface area contributed by atoms with E-state index in [1.54, 1.807) is 0 Å². The van der Waals surface area contributed by atoms with Gasteiger partial charge >= 0.3 is 0 Å². The lowest BCUT2D eigenvalue weighted by molar-refractivity contribution is 0.0932. The van der Waals surface area contributed by atoms with Crippen LogP contribution in [0.2, 0.25) is 0 Å². The maximum atomic E-state index is 14.0. The number of carbonyl (C=O) groups excluding carboxylic acids is 1. The number of hydrogen-bond acceptors (Lipinski definition) is 3. The van der Waals surface area contributed by atoms with E-state index in [-0.39, 0.29) is 6.04 Å². The summed E-state index contributed by atoms with van der Waals surface area (Å²) in [7, 11) is 0.555. The van der Waals surface area contributed by atoms with Crippen molar-refractivity contribution < 1.29 is 22.0 Å². The van der Waals surface area contributed by atoms with Crippen molar-refractivity contribution in [3.8, 4) is 0 Å². The molecule has 1 amide bonds. The van der Waals surface area contributed by atoms with Gasteiger partial charge in [0, 0.05) is 16.7 Å². The molecule has 2 rings (SSSR count). The lowest BCUT2D eigenvalue weighted by Crippen LogP contribution is -2.33. The second-order valence-electron chi connectivity index (χ2n) is 4.66. The predicted molar refractivity (Wildman–Crippen MR) is 69.1 cm³/mol. The van der Waals surface area contributed by atoms with E-state index in [1.165, 1.54) is 0 Å². The number of rotatable bonds is 3. The Bertz CT molecular complexity index is 642. The SMILES string of the molecule is O=C(NC1CCCC1)c1cc(F)cc(S(=O)(=O)Cl)c1F. The maximum absolute atomic E-state index is 14.0. The highest BCUT2D eigenvalue weighted by atomic mass is 35.7. The summed E-state index contributed by atoms with van der Waals surface area (Å²) in [6.07, 6.45) is 3.45. The number of carbonyl (C=O) groups is 1. The molecule has 1 aliphatic rings. The molecule has 0 saturated heterocycles. The molecule has 0 aromatic heterocycles. The summed E-state index contributed by atoms with van der Waals surface area (Å²) < 4.78 is 49.6. The molecule has 0 unspecified atom stereocenters. The van der Waals surface area contributed by atoms with Crippen molar-refractivity contribution >= 4 is 25.6 Å². The third kappa shape index (κ3) is 3.27. The van der Waals surface area contributed by atoms with Crippen LogP contribution in [-0.4, -0.2) is 20.4 Å². The Hall–Kier alpha value is -1.21. The molecule has 0 radical (unpaired) electrons. The van der Waals surface area contributed by atoms with Gasteiger partial charge < -0.3 is 5.32 Å². The molecule has 1 aromatic rings. The molecular formula is C12H12ClF2NO3S. The van der Waals surface area contributed by atoms with Gasteiger partial charge in [-0.15, -0.1) is 0 Å². The number of amides is 1. The van der Waals surface area contributed by atoms with Gasteiger partial charge in [0.2, 0.25) is 0 Å². The van der Waals surface area contributed by atoms with Crippen LogP contribution in [0.4, 0.5) is 8.78 Å². The minimum atomic E-state index is -4.46. The third-order valence-corrected chi connectivity index (χ3v) is 4.52. The number of benzene rings is 1. The largest absolute Gasteiger partial charge is 0.349 e. The van der Waals surface area contributed by atoms with Crippen molar-refractivity contribution in [2.45, 2.75) is 36.6 Å². The Morgan fingerprint density at radius 2 is 1.85 bits per heavy atom. The molecular weight excluding hydrogens is 312 g/mol. The lowest BCUT2D eigenvalue weighted by Gasteiger charge is -2.13. The van der Waals surface area contributed by atoms with Crippen LogP contribution in [0.3, 0.4) is 0 Å². The fraction of sp³-hybridized carbons (Fsp3) is 0.417. The number of nitrogens with one attached hydrogen (secondary N) is 1. The number of hydrogen-bond donors (Lipinski definition) is 1. The van der Waals surface area contributed by atoms with E-state index in [4.69, 9.17) is 10.7 Å². The molecule has 0 atom stereocenters. The Labute approximate surface area is 119 Å². The van der Waals surface area contributed by atoms with E-state index in [2.05, 4.69) is 5.32 Å². The molecule has 0 aliphatic heterocycles. The molecule has 1 aliphatic carbocycles. The minimum Gasteiger partial charge on any atom is -0.349 e. The van der Waals surface area contributed by atoms with E-state index in [0.29, 0.717) is 12.1 Å². The van der Waals surface area contributed by atoms with E-state index in [0.717, 1.165) is 25.7 Å². The average molecular weight is 324 g/mol. The summed E-state index contributed by atoms with van der Waals surface area (Å²) in [5.74, 6) is -3.21. The molecule has 1 fully saturated rings. The first kappa shape index (κ1) is 15.2. The van der Waals surface area contributed by atoms with Crippen LogP contribution < -0.4 is 5.32 Å². The standard InChI is InChI=1S/C12H12ClF2NO3S/c13-20(18,19)10-6-7(14)5-9(11(10)15)12(17)16-8-3-1-2-4-8/h5-6,8H,1-4H2,(H,16,17). The monoisotopic (exact) mass is 323 g/mol. The van der Waals surface area contributed by atoms with Crippen LogP contribution in [-0.2, 0) is 9.05 Å². The highest BCUT2D eigenvalue weighted by molar-refractivity contribution is 8.13. The smallest absolute Gasteiger partial charge is 0.264 e. The molecule has 110 valence electrons. The van der Waals surface area contributed by atoms with Gasteiger partial charge in [0.15, 0.2) is 5.82 Å². The minimum absolute atomic E-state index is 0.0961. The normalized spacial score (nSPS) is 16.4. The quantitative estimate of drug-likeness (QED) is 0.870. The molecule has 1 aromatic carbocycles. The Morgan fingerprint density at radius 3 is 2.40 bits per heavy atom. The van der Waals surface area contributed by atoms with Crippen molar-refractivity contribution in [2.24, 2.45) is 0 Å². The topological polar surface area (TPSA) is 63.2 Å². The molecule has 0 heterocycles. The van der Waals surface area contributed by atoms with Gasteiger partial charge in [0.1, 0.15) is 10.7 Å². The number of halogens is 3. The highest BCUT2D eigenvalue weighted by Gasteiger charge is 2.26. The van der Waals surface area contributed by atoms with Crippen molar-refractivity contribution in [1.82, 2.24) is 5.32 Å². The van der Waals surface area contributed by atoms with Gasteiger partial charge in [-0.05, 0) is 25.0 Å². The van der Waals surface area contributed by atoms with Gasteiger partial charge in [-0.3, -0.25) is 4.79 Å².